The first-order valence-corrected chi connectivity index (χ1v) is 6.20. The number of carbonyl (C=O) groups is 2. The number of amides is 1. The summed E-state index contributed by atoms with van der Waals surface area (Å²) in [6.45, 7) is 2.84. The van der Waals surface area contributed by atoms with Crippen molar-refractivity contribution in [1.82, 2.24) is 5.32 Å². The van der Waals surface area contributed by atoms with E-state index >= 15 is 0 Å². The van der Waals surface area contributed by atoms with Crippen molar-refractivity contribution in [2.24, 2.45) is 0 Å². The molecule has 1 aromatic rings. The lowest BCUT2D eigenvalue weighted by Crippen LogP contribution is -2.49. The molecular weight excluding hydrogens is 356 g/mol. The molecule has 1 amide bonds. The van der Waals surface area contributed by atoms with Gasteiger partial charge in [0.15, 0.2) is 0 Å². The van der Waals surface area contributed by atoms with E-state index in [2.05, 4.69) is 5.32 Å². The van der Waals surface area contributed by atoms with E-state index in [0.717, 1.165) is 0 Å². The highest BCUT2D eigenvalue weighted by molar-refractivity contribution is 14.1. The largest absolute Gasteiger partial charge is 0.480 e. The number of nitrogens with one attached hydrogen (secondary N) is 1. The van der Waals surface area contributed by atoms with Gasteiger partial charge in [-0.3, -0.25) is 4.79 Å². The molecule has 0 bridgehead atoms. The first-order chi connectivity index (χ1) is 7.74. The van der Waals surface area contributed by atoms with E-state index in [-0.39, 0.29) is 0 Å². The highest BCUT2D eigenvalue weighted by Crippen LogP contribution is 2.18. The number of rotatable bonds is 3. The maximum atomic E-state index is 11.9. The first kappa shape index (κ1) is 14.2. The van der Waals surface area contributed by atoms with Gasteiger partial charge in [0.2, 0.25) is 0 Å². The van der Waals surface area contributed by atoms with Crippen LogP contribution in [0.1, 0.15) is 24.2 Å². The highest BCUT2D eigenvalue weighted by atomic mass is 127. The van der Waals surface area contributed by atoms with E-state index in [9.17, 15) is 9.59 Å². The molecule has 0 saturated carbocycles. The van der Waals surface area contributed by atoms with Crippen LogP contribution in [0.4, 0.5) is 0 Å². The summed E-state index contributed by atoms with van der Waals surface area (Å²) in [5, 5.41) is 11.8. The summed E-state index contributed by atoms with van der Waals surface area (Å²) in [6.07, 6.45) is 0. The second-order valence-electron chi connectivity index (χ2n) is 4.01. The Kier molecular flexibility index (Phi) is 4.37. The number of hydrogen-bond donors (Lipinski definition) is 2. The molecule has 0 atom stereocenters. The topological polar surface area (TPSA) is 66.4 Å². The third kappa shape index (κ3) is 3.57. The summed E-state index contributed by atoms with van der Waals surface area (Å²) in [4.78, 5) is 22.8. The van der Waals surface area contributed by atoms with Gasteiger partial charge in [-0.2, -0.15) is 0 Å². The molecule has 6 heteroatoms. The predicted molar refractivity (Wildman–Crippen MR) is 73.4 cm³/mol. The van der Waals surface area contributed by atoms with Crippen LogP contribution in [0.3, 0.4) is 0 Å². The Bertz CT molecular complexity index is 474. The Hall–Kier alpha value is -0.820. The molecule has 17 heavy (non-hydrogen) atoms. The molecule has 0 aliphatic heterocycles. The molecule has 0 aliphatic rings. The lowest BCUT2D eigenvalue weighted by molar-refractivity contribution is -0.143. The second-order valence-corrected chi connectivity index (χ2v) is 5.61. The number of hydrogen-bond acceptors (Lipinski definition) is 2. The van der Waals surface area contributed by atoms with Crippen LogP contribution < -0.4 is 5.32 Å². The van der Waals surface area contributed by atoms with E-state index < -0.39 is 17.4 Å². The van der Waals surface area contributed by atoms with E-state index in [1.54, 1.807) is 12.1 Å². The number of halogens is 2. The van der Waals surface area contributed by atoms with Gasteiger partial charge in [-0.25, -0.2) is 4.79 Å². The Morgan fingerprint density at radius 1 is 1.41 bits per heavy atom. The Labute approximate surface area is 117 Å². The van der Waals surface area contributed by atoms with Gasteiger partial charge in [-0.15, -0.1) is 0 Å². The number of benzene rings is 1. The van der Waals surface area contributed by atoms with Crippen molar-refractivity contribution in [1.29, 1.82) is 0 Å². The number of aliphatic carboxylic acids is 1. The molecule has 1 aromatic carbocycles. The van der Waals surface area contributed by atoms with E-state index in [4.69, 9.17) is 16.7 Å². The average Bonchev–Trinajstić information content (AvgIpc) is 2.20. The van der Waals surface area contributed by atoms with Crippen LogP contribution in [0.25, 0.3) is 0 Å². The number of carboxylic acids is 1. The van der Waals surface area contributed by atoms with Crippen molar-refractivity contribution in [2.75, 3.05) is 0 Å². The van der Waals surface area contributed by atoms with Crippen molar-refractivity contribution >= 4 is 46.1 Å². The molecule has 0 spiro atoms. The molecule has 0 saturated heterocycles. The van der Waals surface area contributed by atoms with Gasteiger partial charge in [0.05, 0.1) is 5.56 Å². The Morgan fingerprint density at radius 3 is 2.53 bits per heavy atom. The van der Waals surface area contributed by atoms with Crippen molar-refractivity contribution in [2.45, 2.75) is 19.4 Å². The Morgan fingerprint density at radius 2 is 2.00 bits per heavy atom. The molecule has 0 unspecified atom stereocenters. The monoisotopic (exact) mass is 367 g/mol. The van der Waals surface area contributed by atoms with Gasteiger partial charge < -0.3 is 10.4 Å². The van der Waals surface area contributed by atoms with E-state index in [1.165, 1.54) is 19.9 Å². The maximum Gasteiger partial charge on any atom is 0.328 e. The zero-order valence-corrected chi connectivity index (χ0v) is 12.2. The number of carbonyl (C=O) groups excluding carboxylic acids is 1. The molecule has 0 aliphatic carbocycles. The van der Waals surface area contributed by atoms with Crippen LogP contribution in [0.15, 0.2) is 18.2 Å². The normalized spacial score (nSPS) is 11.1. The smallest absolute Gasteiger partial charge is 0.328 e. The van der Waals surface area contributed by atoms with Crippen LogP contribution in [0.2, 0.25) is 5.02 Å². The molecule has 1 rings (SSSR count). The van der Waals surface area contributed by atoms with Crippen molar-refractivity contribution < 1.29 is 14.7 Å². The van der Waals surface area contributed by atoms with E-state index in [0.29, 0.717) is 14.2 Å². The van der Waals surface area contributed by atoms with Crippen LogP contribution in [-0.2, 0) is 4.79 Å². The summed E-state index contributed by atoms with van der Waals surface area (Å²) in [5.41, 5.74) is -0.949. The number of carboxylic acid groups (broad SMARTS) is 1. The van der Waals surface area contributed by atoms with Crippen LogP contribution in [0.5, 0.6) is 0 Å². The summed E-state index contributed by atoms with van der Waals surface area (Å²) < 4.78 is 0.714. The van der Waals surface area contributed by atoms with Crippen LogP contribution in [-0.4, -0.2) is 22.5 Å². The van der Waals surface area contributed by atoms with Crippen LogP contribution in [0, 0.1) is 3.57 Å². The van der Waals surface area contributed by atoms with Crippen LogP contribution >= 0.6 is 34.2 Å². The molecular formula is C11H11ClINO3. The second kappa shape index (κ2) is 5.22. The average molecular weight is 368 g/mol. The van der Waals surface area contributed by atoms with Crippen molar-refractivity contribution in [3.63, 3.8) is 0 Å². The fourth-order valence-corrected chi connectivity index (χ4v) is 1.83. The van der Waals surface area contributed by atoms with Gasteiger partial charge in [-0.05, 0) is 54.6 Å². The predicted octanol–water partition coefficient (Wildman–Crippen LogP) is 2.54. The standard InChI is InChI=1S/C11H11ClINO3/c1-11(2,10(16)17)14-9(15)7-5-6(12)3-4-8(7)13/h3-5H,1-2H3,(H,14,15)(H,16,17). The van der Waals surface area contributed by atoms with Gasteiger partial charge in [0.1, 0.15) is 5.54 Å². The fourth-order valence-electron chi connectivity index (χ4n) is 1.08. The fraction of sp³-hybridized carbons (Fsp3) is 0.273. The molecule has 2 N–H and O–H groups in total. The minimum absolute atomic E-state index is 0.368. The van der Waals surface area contributed by atoms with Gasteiger partial charge in [0.25, 0.3) is 5.91 Å². The SMILES string of the molecule is CC(C)(NC(=O)c1cc(Cl)ccc1I)C(=O)O. The zero-order valence-electron chi connectivity index (χ0n) is 9.25. The highest BCUT2D eigenvalue weighted by Gasteiger charge is 2.29. The van der Waals surface area contributed by atoms with Crippen molar-refractivity contribution in [3.05, 3.63) is 32.4 Å². The summed E-state index contributed by atoms with van der Waals surface area (Å²) >= 11 is 7.79. The third-order valence-electron chi connectivity index (χ3n) is 2.13. The maximum absolute atomic E-state index is 11.9. The first-order valence-electron chi connectivity index (χ1n) is 4.75. The van der Waals surface area contributed by atoms with Crippen molar-refractivity contribution in [3.8, 4) is 0 Å². The third-order valence-corrected chi connectivity index (χ3v) is 3.31. The molecule has 4 nitrogen and oxygen atoms in total. The molecule has 92 valence electrons. The lowest BCUT2D eigenvalue weighted by Gasteiger charge is -2.21. The molecule has 0 heterocycles. The lowest BCUT2D eigenvalue weighted by atomic mass is 10.1. The minimum Gasteiger partial charge on any atom is -0.480 e. The quantitative estimate of drug-likeness (QED) is 0.807. The molecule has 0 fully saturated rings. The Balaban J connectivity index is 2.98. The van der Waals surface area contributed by atoms with Gasteiger partial charge >= 0.3 is 5.97 Å². The van der Waals surface area contributed by atoms with E-state index in [1.807, 2.05) is 22.6 Å². The summed E-state index contributed by atoms with van der Waals surface area (Å²) in [5.74, 6) is -1.55. The molecule has 0 aromatic heterocycles. The van der Waals surface area contributed by atoms with Gasteiger partial charge in [-0.1, -0.05) is 11.6 Å². The molecule has 0 radical (unpaired) electrons. The summed E-state index contributed by atoms with van der Waals surface area (Å²) in [7, 11) is 0. The summed E-state index contributed by atoms with van der Waals surface area (Å²) in [6, 6.07) is 4.88. The minimum atomic E-state index is -1.32. The van der Waals surface area contributed by atoms with Gasteiger partial charge in [0, 0.05) is 8.59 Å². The zero-order chi connectivity index (χ0) is 13.2.